The van der Waals surface area contributed by atoms with Crippen molar-refractivity contribution in [3.05, 3.63) is 66.0 Å². The van der Waals surface area contributed by atoms with Crippen LogP contribution in [0.2, 0.25) is 0 Å². The third-order valence-corrected chi connectivity index (χ3v) is 4.99. The van der Waals surface area contributed by atoms with Gasteiger partial charge in [0.25, 0.3) is 5.91 Å². The number of hydrogen-bond acceptors (Lipinski definition) is 4. The van der Waals surface area contributed by atoms with Gasteiger partial charge in [-0.1, -0.05) is 43.2 Å². The number of amides is 1. The second kappa shape index (κ2) is 9.46. The highest BCUT2D eigenvalue weighted by Gasteiger charge is 2.24. The zero-order valence-electron chi connectivity index (χ0n) is 15.4. The van der Waals surface area contributed by atoms with E-state index in [9.17, 15) is 4.79 Å². The van der Waals surface area contributed by atoms with Crippen LogP contribution in [-0.4, -0.2) is 35.4 Å². The lowest BCUT2D eigenvalue weighted by molar-refractivity contribution is 0.0792. The Hall–Kier alpha value is -2.24. The van der Waals surface area contributed by atoms with Gasteiger partial charge in [-0.15, -0.1) is 0 Å². The van der Waals surface area contributed by atoms with Crippen molar-refractivity contribution >= 4 is 5.91 Å². The summed E-state index contributed by atoms with van der Waals surface area (Å²) in [6.07, 6.45) is 8.95. The molecule has 1 aliphatic rings. The van der Waals surface area contributed by atoms with Crippen LogP contribution in [0.15, 0.2) is 54.9 Å². The quantitative estimate of drug-likeness (QED) is 0.716. The minimum atomic E-state index is 0.0467. The van der Waals surface area contributed by atoms with Gasteiger partial charge in [0.05, 0.1) is 5.56 Å². The highest BCUT2D eigenvalue weighted by Crippen LogP contribution is 2.24. The van der Waals surface area contributed by atoms with E-state index in [-0.39, 0.29) is 5.91 Å². The maximum atomic E-state index is 12.3. The minimum Gasteiger partial charge on any atom is -0.342 e. The standard InChI is InChI=1S/C21H28N4O/c1-25(21(26)18-11-8-13-22-16-18)14-7-3-6-12-19-15-20(24-23-19)17-9-4-2-5-10-17/h2,4-5,8-11,13,16,19-20,23-24H,3,6-7,12,14-15H2,1H3. The van der Waals surface area contributed by atoms with E-state index < -0.39 is 0 Å². The summed E-state index contributed by atoms with van der Waals surface area (Å²) in [7, 11) is 1.86. The number of benzene rings is 1. The summed E-state index contributed by atoms with van der Waals surface area (Å²) in [5, 5.41) is 0. The van der Waals surface area contributed by atoms with Crippen LogP contribution in [0.4, 0.5) is 0 Å². The van der Waals surface area contributed by atoms with E-state index in [1.54, 1.807) is 23.4 Å². The SMILES string of the molecule is CN(CCCCCC1CC(c2ccccc2)NN1)C(=O)c1cccnc1. The van der Waals surface area contributed by atoms with Gasteiger partial charge in [0.1, 0.15) is 0 Å². The number of pyridine rings is 1. The van der Waals surface area contributed by atoms with Crippen LogP contribution in [0.5, 0.6) is 0 Å². The van der Waals surface area contributed by atoms with Gasteiger partial charge in [0, 0.05) is 38.1 Å². The smallest absolute Gasteiger partial charge is 0.255 e. The topological polar surface area (TPSA) is 57.3 Å². The van der Waals surface area contributed by atoms with Gasteiger partial charge in [0.2, 0.25) is 0 Å². The molecule has 1 fully saturated rings. The Morgan fingerprint density at radius 2 is 1.96 bits per heavy atom. The molecule has 2 unspecified atom stereocenters. The molecule has 0 saturated carbocycles. The molecule has 1 aromatic carbocycles. The van der Waals surface area contributed by atoms with E-state index in [2.05, 4.69) is 46.2 Å². The van der Waals surface area contributed by atoms with Gasteiger partial charge in [0.15, 0.2) is 0 Å². The average molecular weight is 352 g/mol. The van der Waals surface area contributed by atoms with Gasteiger partial charge in [-0.3, -0.25) is 20.6 Å². The third kappa shape index (κ3) is 5.13. The van der Waals surface area contributed by atoms with Crippen molar-refractivity contribution in [2.24, 2.45) is 0 Å². The molecule has 2 aromatic rings. The Labute approximate surface area is 155 Å². The molecule has 3 rings (SSSR count). The monoisotopic (exact) mass is 352 g/mol. The highest BCUT2D eigenvalue weighted by atomic mass is 16.2. The van der Waals surface area contributed by atoms with Crippen molar-refractivity contribution in [1.82, 2.24) is 20.7 Å². The third-order valence-electron chi connectivity index (χ3n) is 4.99. The van der Waals surface area contributed by atoms with Crippen molar-refractivity contribution in [1.29, 1.82) is 0 Å². The zero-order chi connectivity index (χ0) is 18.2. The molecule has 0 spiro atoms. The van der Waals surface area contributed by atoms with E-state index in [4.69, 9.17) is 0 Å². The summed E-state index contributed by atoms with van der Waals surface area (Å²) < 4.78 is 0. The number of nitrogens with zero attached hydrogens (tertiary/aromatic N) is 2. The van der Waals surface area contributed by atoms with Crippen LogP contribution in [0.3, 0.4) is 0 Å². The molecule has 2 atom stereocenters. The number of hydrazine groups is 1. The number of rotatable bonds is 8. The minimum absolute atomic E-state index is 0.0467. The molecule has 1 amide bonds. The fourth-order valence-electron chi connectivity index (χ4n) is 3.44. The zero-order valence-corrected chi connectivity index (χ0v) is 15.4. The maximum Gasteiger partial charge on any atom is 0.255 e. The number of aromatic nitrogens is 1. The normalized spacial score (nSPS) is 19.4. The molecule has 26 heavy (non-hydrogen) atoms. The van der Waals surface area contributed by atoms with Crippen LogP contribution in [0.25, 0.3) is 0 Å². The summed E-state index contributed by atoms with van der Waals surface area (Å²) in [6, 6.07) is 15.1. The predicted octanol–water partition coefficient (Wildman–Crippen LogP) is 3.32. The van der Waals surface area contributed by atoms with E-state index in [0.717, 1.165) is 32.2 Å². The van der Waals surface area contributed by atoms with E-state index >= 15 is 0 Å². The summed E-state index contributed by atoms with van der Waals surface area (Å²) in [5.74, 6) is 0.0467. The predicted molar refractivity (Wildman–Crippen MR) is 104 cm³/mol. The second-order valence-electron chi connectivity index (χ2n) is 7.00. The Bertz CT molecular complexity index is 677. The van der Waals surface area contributed by atoms with Crippen molar-refractivity contribution in [3.63, 3.8) is 0 Å². The molecule has 0 radical (unpaired) electrons. The Balaban J connectivity index is 1.31. The van der Waals surface area contributed by atoms with Crippen molar-refractivity contribution in [2.45, 2.75) is 44.2 Å². The van der Waals surface area contributed by atoms with E-state index in [0.29, 0.717) is 17.6 Å². The van der Waals surface area contributed by atoms with Crippen molar-refractivity contribution in [3.8, 4) is 0 Å². The largest absolute Gasteiger partial charge is 0.342 e. The lowest BCUT2D eigenvalue weighted by Gasteiger charge is -2.17. The Kier molecular flexibility index (Phi) is 6.75. The van der Waals surface area contributed by atoms with Gasteiger partial charge in [-0.25, -0.2) is 0 Å². The van der Waals surface area contributed by atoms with Gasteiger partial charge >= 0.3 is 0 Å². The molecule has 0 aliphatic carbocycles. The van der Waals surface area contributed by atoms with Gasteiger partial charge < -0.3 is 4.90 Å². The number of carbonyl (C=O) groups is 1. The average Bonchev–Trinajstić information content (AvgIpc) is 3.17. The molecular formula is C21H28N4O. The Morgan fingerprint density at radius 1 is 1.12 bits per heavy atom. The van der Waals surface area contributed by atoms with Crippen LogP contribution >= 0.6 is 0 Å². The number of carbonyl (C=O) groups excluding carboxylic acids is 1. The fraction of sp³-hybridized carbons (Fsp3) is 0.429. The molecule has 1 aromatic heterocycles. The first-order chi connectivity index (χ1) is 12.7. The molecule has 0 bridgehead atoms. The fourth-order valence-corrected chi connectivity index (χ4v) is 3.44. The van der Waals surface area contributed by atoms with Crippen LogP contribution in [-0.2, 0) is 0 Å². The molecule has 138 valence electrons. The summed E-state index contributed by atoms with van der Waals surface area (Å²) >= 11 is 0. The second-order valence-corrected chi connectivity index (χ2v) is 7.00. The van der Waals surface area contributed by atoms with Gasteiger partial charge in [-0.05, 0) is 37.0 Å². The summed E-state index contributed by atoms with van der Waals surface area (Å²) in [6.45, 7) is 0.788. The number of nitrogens with one attached hydrogen (secondary N) is 2. The lowest BCUT2D eigenvalue weighted by Crippen LogP contribution is -2.30. The number of unbranched alkanes of at least 4 members (excludes halogenated alkanes) is 2. The molecule has 1 aliphatic heterocycles. The molecule has 5 nitrogen and oxygen atoms in total. The van der Waals surface area contributed by atoms with E-state index in [1.165, 1.54) is 12.0 Å². The molecule has 5 heteroatoms. The maximum absolute atomic E-state index is 12.3. The first kappa shape index (κ1) is 18.5. The van der Waals surface area contributed by atoms with Crippen molar-refractivity contribution in [2.75, 3.05) is 13.6 Å². The molecular weight excluding hydrogens is 324 g/mol. The Morgan fingerprint density at radius 3 is 2.73 bits per heavy atom. The first-order valence-corrected chi connectivity index (χ1v) is 9.45. The van der Waals surface area contributed by atoms with Crippen LogP contribution < -0.4 is 10.9 Å². The summed E-state index contributed by atoms with van der Waals surface area (Å²) in [5.41, 5.74) is 8.83. The van der Waals surface area contributed by atoms with Crippen LogP contribution in [0, 0.1) is 0 Å². The van der Waals surface area contributed by atoms with E-state index in [1.807, 2.05) is 13.1 Å². The molecule has 2 heterocycles. The number of hydrogen-bond donors (Lipinski definition) is 2. The molecule has 2 N–H and O–H groups in total. The molecule has 1 saturated heterocycles. The van der Waals surface area contributed by atoms with Gasteiger partial charge in [-0.2, -0.15) is 0 Å². The highest BCUT2D eigenvalue weighted by molar-refractivity contribution is 5.93. The lowest BCUT2D eigenvalue weighted by atomic mass is 9.99. The van der Waals surface area contributed by atoms with Crippen LogP contribution in [0.1, 0.15) is 54.1 Å². The van der Waals surface area contributed by atoms with Crippen molar-refractivity contribution < 1.29 is 4.79 Å². The summed E-state index contributed by atoms with van der Waals surface area (Å²) in [4.78, 5) is 18.1. The first-order valence-electron chi connectivity index (χ1n) is 9.45.